The van der Waals surface area contributed by atoms with Gasteiger partial charge in [0.15, 0.2) is 4.32 Å². The van der Waals surface area contributed by atoms with Crippen LogP contribution >= 0.6 is 47.2 Å². The van der Waals surface area contributed by atoms with E-state index in [0.29, 0.717) is 25.0 Å². The van der Waals surface area contributed by atoms with Crippen LogP contribution in [-0.2, 0) is 4.79 Å². The Morgan fingerprint density at radius 1 is 1.12 bits per heavy atom. The van der Waals surface area contributed by atoms with Crippen molar-refractivity contribution in [2.24, 2.45) is 0 Å². The van der Waals surface area contributed by atoms with Gasteiger partial charge < -0.3 is 0 Å². The van der Waals surface area contributed by atoms with Crippen LogP contribution in [0.15, 0.2) is 65.1 Å². The van der Waals surface area contributed by atoms with Gasteiger partial charge in [0.05, 0.1) is 20.6 Å². The van der Waals surface area contributed by atoms with Crippen molar-refractivity contribution in [1.29, 1.82) is 0 Å². The largest absolute Gasteiger partial charge is 0.270 e. The highest BCUT2D eigenvalue weighted by Gasteiger charge is 2.33. The zero-order valence-corrected chi connectivity index (χ0v) is 16.3. The van der Waals surface area contributed by atoms with Crippen molar-refractivity contribution in [3.63, 3.8) is 0 Å². The Bertz CT molecular complexity index is 907. The molecule has 0 bridgehead atoms. The Morgan fingerprint density at radius 3 is 2.52 bits per heavy atom. The second-order valence-electron chi connectivity index (χ2n) is 5.41. The molecule has 1 aliphatic rings. The van der Waals surface area contributed by atoms with Crippen molar-refractivity contribution in [3.8, 4) is 0 Å². The quantitative estimate of drug-likeness (QED) is 0.438. The number of carbonyl (C=O) groups excluding carboxylic acids is 1. The molecule has 2 aromatic rings. The van der Waals surface area contributed by atoms with Gasteiger partial charge in [-0.05, 0) is 42.3 Å². The summed E-state index contributed by atoms with van der Waals surface area (Å²) in [6.07, 6.45) is 3.87. The fraction of sp³-hybridized carbons (Fsp3) is 0.0526. The zero-order valence-electron chi connectivity index (χ0n) is 13.2. The second-order valence-corrected chi connectivity index (χ2v) is 7.90. The minimum Gasteiger partial charge on any atom is -0.268 e. The van der Waals surface area contributed by atoms with E-state index in [1.165, 1.54) is 16.7 Å². The van der Waals surface area contributed by atoms with Crippen molar-refractivity contribution >= 4 is 69.2 Å². The second kappa shape index (κ2) is 7.75. The molecule has 126 valence electrons. The van der Waals surface area contributed by atoms with E-state index in [9.17, 15) is 4.79 Å². The van der Waals surface area contributed by atoms with Gasteiger partial charge >= 0.3 is 0 Å². The van der Waals surface area contributed by atoms with E-state index in [0.717, 1.165) is 11.1 Å². The summed E-state index contributed by atoms with van der Waals surface area (Å²) in [6.45, 7) is 1.96. The highest BCUT2D eigenvalue weighted by Crippen LogP contribution is 2.37. The van der Waals surface area contributed by atoms with Crippen LogP contribution < -0.4 is 4.90 Å². The molecule has 2 nitrogen and oxygen atoms in total. The molecule has 1 heterocycles. The number of thiocarbonyl (C=S) groups is 1. The van der Waals surface area contributed by atoms with Gasteiger partial charge in [-0.1, -0.05) is 83.6 Å². The molecule has 0 atom stereocenters. The number of thioether (sulfide) groups is 1. The topological polar surface area (TPSA) is 20.3 Å². The number of nitrogens with zero attached hydrogens (tertiary/aromatic N) is 1. The molecule has 2 aromatic carbocycles. The number of hydrogen-bond donors (Lipinski definition) is 0. The van der Waals surface area contributed by atoms with E-state index in [4.69, 9.17) is 35.4 Å². The van der Waals surface area contributed by atoms with Gasteiger partial charge in [0.1, 0.15) is 0 Å². The molecule has 25 heavy (non-hydrogen) atoms. The Labute approximate surface area is 166 Å². The lowest BCUT2D eigenvalue weighted by Gasteiger charge is -2.15. The molecule has 1 fully saturated rings. The zero-order chi connectivity index (χ0) is 18.0. The van der Waals surface area contributed by atoms with E-state index in [1.54, 1.807) is 18.2 Å². The van der Waals surface area contributed by atoms with Crippen LogP contribution in [0.3, 0.4) is 0 Å². The minimum absolute atomic E-state index is 0.158. The van der Waals surface area contributed by atoms with E-state index in [1.807, 2.05) is 49.4 Å². The molecule has 3 rings (SSSR count). The molecule has 1 aliphatic heterocycles. The van der Waals surface area contributed by atoms with Crippen LogP contribution in [0.5, 0.6) is 0 Å². The first-order chi connectivity index (χ1) is 12.0. The standard InChI is InChI=1S/C19H13Cl2NOS2/c1-12(9-13-5-3-2-4-6-13)10-17-18(23)22(19(24)25-17)14-7-8-15(20)16(21)11-14/h2-11H,1H3. The van der Waals surface area contributed by atoms with E-state index < -0.39 is 0 Å². The van der Waals surface area contributed by atoms with Crippen molar-refractivity contribution in [2.75, 3.05) is 4.90 Å². The predicted molar refractivity (Wildman–Crippen MR) is 112 cm³/mol. The lowest BCUT2D eigenvalue weighted by atomic mass is 10.1. The first-order valence-corrected chi connectivity index (χ1v) is 9.40. The fourth-order valence-corrected chi connectivity index (χ4v) is 4.02. The van der Waals surface area contributed by atoms with Gasteiger partial charge in [-0.25, -0.2) is 0 Å². The van der Waals surface area contributed by atoms with E-state index in [2.05, 4.69) is 0 Å². The summed E-state index contributed by atoms with van der Waals surface area (Å²) in [4.78, 5) is 14.8. The molecule has 1 amide bonds. The third kappa shape index (κ3) is 4.15. The number of hydrogen-bond acceptors (Lipinski definition) is 3. The van der Waals surface area contributed by atoms with Crippen LogP contribution in [0.1, 0.15) is 12.5 Å². The minimum atomic E-state index is -0.158. The van der Waals surface area contributed by atoms with Crippen molar-refractivity contribution in [1.82, 2.24) is 0 Å². The Morgan fingerprint density at radius 2 is 1.84 bits per heavy atom. The van der Waals surface area contributed by atoms with Crippen LogP contribution in [0.2, 0.25) is 10.0 Å². The molecule has 0 aromatic heterocycles. The summed E-state index contributed by atoms with van der Waals surface area (Å²) in [6, 6.07) is 15.0. The first kappa shape index (κ1) is 18.2. The summed E-state index contributed by atoms with van der Waals surface area (Å²) in [5, 5.41) is 0.824. The van der Waals surface area contributed by atoms with Gasteiger partial charge in [0.25, 0.3) is 5.91 Å². The van der Waals surface area contributed by atoms with Gasteiger partial charge in [-0.15, -0.1) is 0 Å². The van der Waals surface area contributed by atoms with Crippen molar-refractivity contribution < 1.29 is 4.79 Å². The SMILES string of the molecule is CC(=Cc1ccccc1)C=C1SC(=S)N(c2ccc(Cl)c(Cl)c2)C1=O. The average Bonchev–Trinajstić information content (AvgIpc) is 2.85. The molecular weight excluding hydrogens is 393 g/mol. The third-order valence-electron chi connectivity index (χ3n) is 3.51. The number of allylic oxidation sites excluding steroid dienone is 2. The normalized spacial score (nSPS) is 16.8. The average molecular weight is 406 g/mol. The summed E-state index contributed by atoms with van der Waals surface area (Å²) >= 11 is 18.6. The highest BCUT2D eigenvalue weighted by molar-refractivity contribution is 8.27. The summed E-state index contributed by atoms with van der Waals surface area (Å²) < 4.78 is 0.474. The van der Waals surface area contributed by atoms with Crippen LogP contribution in [0.25, 0.3) is 6.08 Å². The lowest BCUT2D eigenvalue weighted by molar-refractivity contribution is -0.113. The molecule has 0 radical (unpaired) electrons. The summed E-state index contributed by atoms with van der Waals surface area (Å²) in [5.74, 6) is -0.158. The van der Waals surface area contributed by atoms with Crippen molar-refractivity contribution in [2.45, 2.75) is 6.92 Å². The van der Waals surface area contributed by atoms with Gasteiger partial charge in [0, 0.05) is 0 Å². The summed E-state index contributed by atoms with van der Waals surface area (Å²) in [7, 11) is 0. The molecule has 1 saturated heterocycles. The van der Waals surface area contributed by atoms with E-state index >= 15 is 0 Å². The number of anilines is 1. The van der Waals surface area contributed by atoms with Crippen LogP contribution in [0, 0.1) is 0 Å². The molecule has 0 unspecified atom stereocenters. The third-order valence-corrected chi connectivity index (χ3v) is 5.55. The molecule has 0 N–H and O–H groups in total. The van der Waals surface area contributed by atoms with Gasteiger partial charge in [0.2, 0.25) is 0 Å². The predicted octanol–water partition coefficient (Wildman–Crippen LogP) is 6.35. The maximum atomic E-state index is 12.7. The molecular formula is C19H13Cl2NOS2. The maximum absolute atomic E-state index is 12.7. The lowest BCUT2D eigenvalue weighted by Crippen LogP contribution is -2.27. The Balaban J connectivity index is 1.88. The first-order valence-electron chi connectivity index (χ1n) is 7.42. The smallest absolute Gasteiger partial charge is 0.268 e. The van der Waals surface area contributed by atoms with E-state index in [-0.39, 0.29) is 5.91 Å². The monoisotopic (exact) mass is 405 g/mol. The Kier molecular flexibility index (Phi) is 5.64. The Hall–Kier alpha value is -1.59. The molecule has 0 saturated carbocycles. The number of halogens is 2. The number of amides is 1. The van der Waals surface area contributed by atoms with Crippen molar-refractivity contribution in [3.05, 3.63) is 80.7 Å². The number of carbonyl (C=O) groups is 1. The fourth-order valence-electron chi connectivity index (χ4n) is 2.38. The molecule has 6 heteroatoms. The maximum Gasteiger partial charge on any atom is 0.270 e. The number of rotatable bonds is 3. The van der Waals surface area contributed by atoms with Gasteiger partial charge in [-0.2, -0.15) is 0 Å². The highest BCUT2D eigenvalue weighted by atomic mass is 35.5. The van der Waals surface area contributed by atoms with Crippen LogP contribution in [0.4, 0.5) is 5.69 Å². The van der Waals surface area contributed by atoms with Gasteiger partial charge in [-0.3, -0.25) is 9.69 Å². The molecule has 0 spiro atoms. The van der Waals surface area contributed by atoms with Crippen LogP contribution in [-0.4, -0.2) is 10.2 Å². The summed E-state index contributed by atoms with van der Waals surface area (Å²) in [5.41, 5.74) is 2.67. The number of benzene rings is 2. The molecule has 0 aliphatic carbocycles.